The second-order valence-electron chi connectivity index (χ2n) is 7.45. The second-order valence-corrected chi connectivity index (χ2v) is 7.45. The first kappa shape index (κ1) is 17.9. The quantitative estimate of drug-likeness (QED) is 0.899. The lowest BCUT2D eigenvalue weighted by molar-refractivity contribution is 0.0963. The molecule has 0 radical (unpaired) electrons. The van der Waals surface area contributed by atoms with Crippen LogP contribution in [0.5, 0.6) is 0 Å². The van der Waals surface area contributed by atoms with Gasteiger partial charge in [-0.05, 0) is 31.9 Å². The predicted octanol–water partition coefficient (Wildman–Crippen LogP) is 2.57. The monoisotopic (exact) mass is 365 g/mol. The van der Waals surface area contributed by atoms with Crippen molar-refractivity contribution in [2.45, 2.75) is 25.7 Å². The molecular weight excluding hydrogens is 338 g/mol. The van der Waals surface area contributed by atoms with Crippen LogP contribution in [0.25, 0.3) is 0 Å². The van der Waals surface area contributed by atoms with E-state index in [-0.39, 0.29) is 11.7 Å². The minimum atomic E-state index is 0.144. The van der Waals surface area contributed by atoms with Crippen molar-refractivity contribution in [2.75, 3.05) is 50.0 Å². The van der Waals surface area contributed by atoms with E-state index in [1.165, 1.54) is 5.56 Å². The summed E-state index contributed by atoms with van der Waals surface area (Å²) in [5.74, 6) is 1.79. The molecular formula is C21H27N5O. The van der Waals surface area contributed by atoms with Crippen molar-refractivity contribution < 1.29 is 4.79 Å². The molecule has 2 aliphatic rings. The minimum Gasteiger partial charge on any atom is -0.370 e. The number of hydrogen-bond donors (Lipinski definition) is 1. The molecule has 0 spiro atoms. The highest BCUT2D eigenvalue weighted by molar-refractivity contribution is 6.03. The molecule has 27 heavy (non-hydrogen) atoms. The van der Waals surface area contributed by atoms with Crippen molar-refractivity contribution in [3.8, 4) is 0 Å². The van der Waals surface area contributed by atoms with E-state index in [2.05, 4.69) is 34.3 Å². The number of nitrogens with one attached hydrogen (secondary N) is 1. The molecule has 1 aromatic carbocycles. The number of Topliss-reactive ketones (excluding diaryl/α,β-unsaturated/α-hetero) is 1. The van der Waals surface area contributed by atoms with E-state index in [0.29, 0.717) is 17.8 Å². The third kappa shape index (κ3) is 3.67. The van der Waals surface area contributed by atoms with Gasteiger partial charge in [-0.25, -0.2) is 4.98 Å². The van der Waals surface area contributed by atoms with Gasteiger partial charge in [0.25, 0.3) is 0 Å². The van der Waals surface area contributed by atoms with Gasteiger partial charge in [0, 0.05) is 39.1 Å². The van der Waals surface area contributed by atoms with Crippen LogP contribution in [0.3, 0.4) is 0 Å². The summed E-state index contributed by atoms with van der Waals surface area (Å²) in [6, 6.07) is 10.3. The molecule has 6 heteroatoms. The molecule has 0 saturated carbocycles. The van der Waals surface area contributed by atoms with Gasteiger partial charge in [0.2, 0.25) is 5.95 Å². The van der Waals surface area contributed by atoms with E-state index < -0.39 is 0 Å². The zero-order chi connectivity index (χ0) is 18.8. The number of hydrogen-bond acceptors (Lipinski definition) is 6. The van der Waals surface area contributed by atoms with Crippen LogP contribution >= 0.6 is 0 Å². The lowest BCUT2D eigenvalue weighted by Gasteiger charge is -2.33. The number of fused-ring (bicyclic) bond motifs is 1. The minimum absolute atomic E-state index is 0.144. The Labute approximate surface area is 160 Å². The Hall–Kier alpha value is -2.47. The molecule has 1 N–H and O–H groups in total. The number of nitrogens with zero attached hydrogens (tertiary/aromatic N) is 4. The van der Waals surface area contributed by atoms with Crippen molar-refractivity contribution in [3.05, 3.63) is 47.2 Å². The fourth-order valence-corrected chi connectivity index (χ4v) is 3.97. The van der Waals surface area contributed by atoms with E-state index in [4.69, 9.17) is 9.97 Å². The van der Waals surface area contributed by atoms with Crippen LogP contribution in [-0.2, 0) is 6.42 Å². The van der Waals surface area contributed by atoms with Gasteiger partial charge in [0.1, 0.15) is 5.82 Å². The van der Waals surface area contributed by atoms with Crippen molar-refractivity contribution in [1.82, 2.24) is 14.9 Å². The number of aromatic nitrogens is 2. The number of piperazine rings is 1. The molecule has 1 aliphatic carbocycles. The maximum Gasteiger partial charge on any atom is 0.227 e. The number of anilines is 2. The molecule has 1 aromatic heterocycles. The molecule has 1 saturated heterocycles. The lowest BCUT2D eigenvalue weighted by atomic mass is 9.82. The standard InChI is InChI=1S/C21H27N5O/c1-3-22-20-19-17(23-21(24-20)26-11-9-25(2)10-12-26)13-16(14-18(19)27)15-7-5-4-6-8-15/h4-8,16H,3,9-14H2,1-2H3,(H,22,23,24). The van der Waals surface area contributed by atoms with Crippen molar-refractivity contribution in [3.63, 3.8) is 0 Å². The number of likely N-dealkylation sites (N-methyl/N-ethyl adjacent to an activating group) is 1. The van der Waals surface area contributed by atoms with Crippen LogP contribution in [0, 0.1) is 0 Å². The summed E-state index contributed by atoms with van der Waals surface area (Å²) in [5.41, 5.74) is 2.79. The number of carbonyl (C=O) groups is 1. The Morgan fingerprint density at radius 3 is 2.52 bits per heavy atom. The van der Waals surface area contributed by atoms with Crippen LogP contribution in [0.1, 0.15) is 40.9 Å². The van der Waals surface area contributed by atoms with Crippen LogP contribution in [0.2, 0.25) is 0 Å². The molecule has 1 fully saturated rings. The van der Waals surface area contributed by atoms with Crippen LogP contribution in [0.4, 0.5) is 11.8 Å². The summed E-state index contributed by atoms with van der Waals surface area (Å²) < 4.78 is 0. The van der Waals surface area contributed by atoms with Crippen molar-refractivity contribution in [2.24, 2.45) is 0 Å². The summed E-state index contributed by atoms with van der Waals surface area (Å²) in [7, 11) is 2.14. The zero-order valence-corrected chi connectivity index (χ0v) is 16.1. The van der Waals surface area contributed by atoms with Crippen molar-refractivity contribution in [1.29, 1.82) is 0 Å². The molecule has 0 bridgehead atoms. The molecule has 4 rings (SSSR count). The van der Waals surface area contributed by atoms with E-state index >= 15 is 0 Å². The molecule has 1 unspecified atom stereocenters. The van der Waals surface area contributed by atoms with E-state index in [0.717, 1.165) is 50.8 Å². The van der Waals surface area contributed by atoms with Crippen molar-refractivity contribution >= 4 is 17.5 Å². The van der Waals surface area contributed by atoms with Crippen LogP contribution < -0.4 is 10.2 Å². The summed E-state index contributed by atoms with van der Waals surface area (Å²) in [4.78, 5) is 27.1. The molecule has 1 aliphatic heterocycles. The summed E-state index contributed by atoms with van der Waals surface area (Å²) in [6.45, 7) is 6.60. The molecule has 2 aromatic rings. The number of carbonyl (C=O) groups excluding carboxylic acids is 1. The van der Waals surface area contributed by atoms with Gasteiger partial charge in [-0.1, -0.05) is 30.3 Å². The van der Waals surface area contributed by atoms with Gasteiger partial charge < -0.3 is 15.1 Å². The fourth-order valence-electron chi connectivity index (χ4n) is 3.97. The Morgan fingerprint density at radius 1 is 1.07 bits per heavy atom. The SMILES string of the molecule is CCNc1nc(N2CCN(C)CC2)nc2c1C(=O)CC(c1ccccc1)C2. The average Bonchev–Trinajstić information content (AvgIpc) is 2.69. The van der Waals surface area contributed by atoms with Gasteiger partial charge in [-0.2, -0.15) is 4.98 Å². The van der Waals surface area contributed by atoms with Gasteiger partial charge in [0.15, 0.2) is 5.78 Å². The maximum atomic E-state index is 13.0. The third-order valence-electron chi connectivity index (χ3n) is 5.52. The highest BCUT2D eigenvalue weighted by Crippen LogP contribution is 2.35. The molecule has 0 amide bonds. The predicted molar refractivity (Wildman–Crippen MR) is 108 cm³/mol. The number of benzene rings is 1. The molecule has 1 atom stereocenters. The van der Waals surface area contributed by atoms with Gasteiger partial charge >= 0.3 is 0 Å². The van der Waals surface area contributed by atoms with E-state index in [1.54, 1.807) is 0 Å². The highest BCUT2D eigenvalue weighted by Gasteiger charge is 2.32. The highest BCUT2D eigenvalue weighted by atomic mass is 16.1. The topological polar surface area (TPSA) is 61.4 Å². The number of ketones is 1. The Kier molecular flexibility index (Phi) is 5.07. The Bertz CT molecular complexity index is 815. The lowest BCUT2D eigenvalue weighted by Crippen LogP contribution is -2.45. The number of rotatable bonds is 4. The van der Waals surface area contributed by atoms with E-state index in [9.17, 15) is 4.79 Å². The smallest absolute Gasteiger partial charge is 0.227 e. The molecule has 6 nitrogen and oxygen atoms in total. The second kappa shape index (κ2) is 7.64. The first-order chi connectivity index (χ1) is 13.2. The summed E-state index contributed by atoms with van der Waals surface area (Å²) in [5, 5.41) is 3.30. The Morgan fingerprint density at radius 2 is 1.81 bits per heavy atom. The van der Waals surface area contributed by atoms with Crippen LogP contribution in [0.15, 0.2) is 30.3 Å². The first-order valence-corrected chi connectivity index (χ1v) is 9.82. The Balaban J connectivity index is 1.70. The zero-order valence-electron chi connectivity index (χ0n) is 16.1. The summed E-state index contributed by atoms with van der Waals surface area (Å²) in [6.07, 6.45) is 1.30. The average molecular weight is 365 g/mol. The first-order valence-electron chi connectivity index (χ1n) is 9.82. The third-order valence-corrected chi connectivity index (χ3v) is 5.52. The largest absolute Gasteiger partial charge is 0.370 e. The van der Waals surface area contributed by atoms with Gasteiger partial charge in [-0.15, -0.1) is 0 Å². The van der Waals surface area contributed by atoms with Gasteiger partial charge in [-0.3, -0.25) is 4.79 Å². The molecule has 142 valence electrons. The van der Waals surface area contributed by atoms with E-state index in [1.807, 2.05) is 25.1 Å². The van der Waals surface area contributed by atoms with Gasteiger partial charge in [0.05, 0.1) is 11.3 Å². The maximum absolute atomic E-state index is 13.0. The summed E-state index contributed by atoms with van der Waals surface area (Å²) >= 11 is 0. The normalized spacial score (nSPS) is 20.4. The molecule has 2 heterocycles. The van der Waals surface area contributed by atoms with Crippen LogP contribution in [-0.4, -0.2) is 60.4 Å². The fraction of sp³-hybridized carbons (Fsp3) is 0.476.